The molecule has 0 radical (unpaired) electrons. The number of nitrogens with one attached hydrogen (secondary N) is 1. The van der Waals surface area contributed by atoms with E-state index >= 15 is 0 Å². The fourth-order valence-electron chi connectivity index (χ4n) is 3.13. The number of benzene rings is 2. The van der Waals surface area contributed by atoms with Gasteiger partial charge >= 0.3 is 0 Å². The quantitative estimate of drug-likeness (QED) is 0.373. The standard InChI is InChI=1S/C22H23N3O6/c1-14(2)31-18-10-6-16(7-11-18)23-20-19(15-4-8-17(9-5-15)25(28)29)21(26)24(22(20)27)12-13-30-3/h4-11,14,23H,12-13H2,1-3H3. The molecule has 162 valence electrons. The van der Waals surface area contributed by atoms with Crippen molar-refractivity contribution in [2.75, 3.05) is 25.6 Å². The zero-order valence-electron chi connectivity index (χ0n) is 17.5. The van der Waals surface area contributed by atoms with E-state index in [1.54, 1.807) is 24.3 Å². The predicted molar refractivity (Wildman–Crippen MR) is 114 cm³/mol. The Labute approximate surface area is 179 Å². The molecule has 0 atom stereocenters. The van der Waals surface area contributed by atoms with Gasteiger partial charge in [-0.25, -0.2) is 0 Å². The highest BCUT2D eigenvalue weighted by atomic mass is 16.6. The number of anilines is 1. The molecule has 1 aliphatic rings. The second-order valence-electron chi connectivity index (χ2n) is 7.12. The van der Waals surface area contributed by atoms with Gasteiger partial charge in [0.1, 0.15) is 11.4 Å². The molecule has 1 heterocycles. The van der Waals surface area contributed by atoms with E-state index in [0.29, 0.717) is 17.0 Å². The highest BCUT2D eigenvalue weighted by Crippen LogP contribution is 2.31. The Hall–Kier alpha value is -3.72. The van der Waals surface area contributed by atoms with Crippen LogP contribution in [0.15, 0.2) is 54.2 Å². The maximum atomic E-state index is 13.0. The predicted octanol–water partition coefficient (Wildman–Crippen LogP) is 3.22. The number of nitro benzene ring substituents is 1. The molecule has 2 aromatic rings. The van der Waals surface area contributed by atoms with Crippen molar-refractivity contribution in [1.29, 1.82) is 0 Å². The Bertz CT molecular complexity index is 1010. The lowest BCUT2D eigenvalue weighted by molar-refractivity contribution is -0.384. The first-order chi connectivity index (χ1) is 14.8. The largest absolute Gasteiger partial charge is 0.491 e. The summed E-state index contributed by atoms with van der Waals surface area (Å²) in [6.45, 7) is 4.13. The molecule has 9 nitrogen and oxygen atoms in total. The van der Waals surface area contributed by atoms with Gasteiger partial charge in [0.05, 0.1) is 29.8 Å². The molecule has 2 amide bonds. The number of hydrogen-bond donors (Lipinski definition) is 1. The number of hydrogen-bond acceptors (Lipinski definition) is 7. The molecule has 0 saturated heterocycles. The average molecular weight is 425 g/mol. The third-order valence-corrected chi connectivity index (χ3v) is 4.55. The summed E-state index contributed by atoms with van der Waals surface area (Å²) in [4.78, 5) is 37.5. The van der Waals surface area contributed by atoms with Crippen LogP contribution in [0.2, 0.25) is 0 Å². The van der Waals surface area contributed by atoms with Gasteiger partial charge < -0.3 is 14.8 Å². The lowest BCUT2D eigenvalue weighted by Crippen LogP contribution is -2.35. The second kappa shape index (κ2) is 9.40. The molecule has 0 aliphatic carbocycles. The zero-order valence-corrected chi connectivity index (χ0v) is 17.5. The molecule has 1 N–H and O–H groups in total. The smallest absolute Gasteiger partial charge is 0.278 e. The van der Waals surface area contributed by atoms with E-state index in [1.165, 1.54) is 31.4 Å². The number of carbonyl (C=O) groups is 2. The number of imide groups is 1. The number of ether oxygens (including phenoxy) is 2. The van der Waals surface area contributed by atoms with Crippen molar-refractivity contribution in [2.24, 2.45) is 0 Å². The van der Waals surface area contributed by atoms with Crippen LogP contribution in [-0.4, -0.2) is 48.0 Å². The average Bonchev–Trinajstić information content (AvgIpc) is 2.97. The molecule has 0 unspecified atom stereocenters. The molecule has 9 heteroatoms. The first-order valence-corrected chi connectivity index (χ1v) is 9.69. The van der Waals surface area contributed by atoms with Crippen LogP contribution in [-0.2, 0) is 14.3 Å². The van der Waals surface area contributed by atoms with Gasteiger partial charge in [-0.2, -0.15) is 0 Å². The Morgan fingerprint density at radius 2 is 1.68 bits per heavy atom. The number of nitro groups is 1. The van der Waals surface area contributed by atoms with E-state index in [2.05, 4.69) is 5.32 Å². The monoisotopic (exact) mass is 425 g/mol. The van der Waals surface area contributed by atoms with Gasteiger partial charge in [-0.05, 0) is 55.8 Å². The summed E-state index contributed by atoms with van der Waals surface area (Å²) in [5.41, 5.74) is 1.16. The number of methoxy groups -OCH3 is 1. The van der Waals surface area contributed by atoms with Crippen LogP contribution in [0, 0.1) is 10.1 Å². The Morgan fingerprint density at radius 1 is 1.03 bits per heavy atom. The molecule has 1 aliphatic heterocycles. The van der Waals surface area contributed by atoms with E-state index in [1.807, 2.05) is 13.8 Å². The van der Waals surface area contributed by atoms with Gasteiger partial charge in [0.15, 0.2) is 0 Å². The van der Waals surface area contributed by atoms with E-state index in [4.69, 9.17) is 9.47 Å². The first-order valence-electron chi connectivity index (χ1n) is 9.69. The molecule has 0 saturated carbocycles. The third kappa shape index (κ3) is 4.89. The van der Waals surface area contributed by atoms with Crippen LogP contribution in [0.5, 0.6) is 5.75 Å². The summed E-state index contributed by atoms with van der Waals surface area (Å²) in [6.07, 6.45) is 0.0265. The van der Waals surface area contributed by atoms with Gasteiger partial charge in [0, 0.05) is 24.9 Å². The number of non-ortho nitro benzene ring substituents is 1. The summed E-state index contributed by atoms with van der Waals surface area (Å²) < 4.78 is 10.6. The maximum absolute atomic E-state index is 13.0. The van der Waals surface area contributed by atoms with E-state index in [-0.39, 0.29) is 36.2 Å². The van der Waals surface area contributed by atoms with Crippen LogP contribution in [0.4, 0.5) is 11.4 Å². The Kier molecular flexibility index (Phi) is 6.66. The van der Waals surface area contributed by atoms with Gasteiger partial charge in [-0.15, -0.1) is 0 Å². The van der Waals surface area contributed by atoms with Crippen LogP contribution >= 0.6 is 0 Å². The fraction of sp³-hybridized carbons (Fsp3) is 0.273. The molecule has 3 rings (SSSR count). The minimum absolute atomic E-state index is 0.0265. The molecule has 0 spiro atoms. The topological polar surface area (TPSA) is 111 Å². The van der Waals surface area contributed by atoms with Crippen LogP contribution in [0.3, 0.4) is 0 Å². The van der Waals surface area contributed by atoms with Gasteiger partial charge in [-0.1, -0.05) is 0 Å². The van der Waals surface area contributed by atoms with Crippen molar-refractivity contribution in [3.05, 3.63) is 69.9 Å². The SMILES string of the molecule is COCCN1C(=O)C(Nc2ccc(OC(C)C)cc2)=C(c2ccc([N+](=O)[O-])cc2)C1=O. The van der Waals surface area contributed by atoms with E-state index in [9.17, 15) is 19.7 Å². The summed E-state index contributed by atoms with van der Waals surface area (Å²) >= 11 is 0. The molecule has 0 bridgehead atoms. The van der Waals surface area contributed by atoms with Gasteiger partial charge in [0.25, 0.3) is 17.5 Å². The maximum Gasteiger partial charge on any atom is 0.278 e. The zero-order chi connectivity index (χ0) is 22.5. The normalized spacial score (nSPS) is 13.9. The molecular formula is C22H23N3O6. The molecular weight excluding hydrogens is 402 g/mol. The van der Waals surface area contributed by atoms with Crippen molar-refractivity contribution >= 4 is 28.8 Å². The van der Waals surface area contributed by atoms with Crippen LogP contribution < -0.4 is 10.1 Å². The summed E-state index contributed by atoms with van der Waals surface area (Å²) in [5.74, 6) is -0.295. The molecule has 31 heavy (non-hydrogen) atoms. The highest BCUT2D eigenvalue weighted by Gasteiger charge is 2.39. The lowest BCUT2D eigenvalue weighted by Gasteiger charge is -2.14. The summed E-state index contributed by atoms with van der Waals surface area (Å²) in [7, 11) is 1.48. The Balaban J connectivity index is 1.96. The first kappa shape index (κ1) is 22.0. The number of carbonyl (C=O) groups excluding carboxylic acids is 2. The summed E-state index contributed by atoms with van der Waals surface area (Å²) in [6, 6.07) is 12.5. The van der Waals surface area contributed by atoms with Crippen molar-refractivity contribution in [2.45, 2.75) is 20.0 Å². The minimum Gasteiger partial charge on any atom is -0.491 e. The lowest BCUT2D eigenvalue weighted by atomic mass is 10.0. The fourth-order valence-corrected chi connectivity index (χ4v) is 3.13. The minimum atomic E-state index is -0.523. The summed E-state index contributed by atoms with van der Waals surface area (Å²) in [5, 5.41) is 14.0. The Morgan fingerprint density at radius 3 is 2.23 bits per heavy atom. The van der Waals surface area contributed by atoms with Crippen LogP contribution in [0.25, 0.3) is 5.57 Å². The van der Waals surface area contributed by atoms with Crippen LogP contribution in [0.1, 0.15) is 19.4 Å². The third-order valence-electron chi connectivity index (χ3n) is 4.55. The van der Waals surface area contributed by atoms with Crippen molar-refractivity contribution in [3.8, 4) is 5.75 Å². The molecule has 2 aromatic carbocycles. The molecule has 0 aromatic heterocycles. The van der Waals surface area contributed by atoms with Gasteiger partial charge in [-0.3, -0.25) is 24.6 Å². The van der Waals surface area contributed by atoms with Crippen molar-refractivity contribution < 1.29 is 24.0 Å². The molecule has 0 fully saturated rings. The number of nitrogens with zero attached hydrogens (tertiary/aromatic N) is 2. The van der Waals surface area contributed by atoms with E-state index in [0.717, 1.165) is 4.90 Å². The van der Waals surface area contributed by atoms with Crippen molar-refractivity contribution in [1.82, 2.24) is 4.90 Å². The highest BCUT2D eigenvalue weighted by molar-refractivity contribution is 6.36. The number of amides is 2. The van der Waals surface area contributed by atoms with Gasteiger partial charge in [0.2, 0.25) is 0 Å². The number of rotatable bonds is 9. The van der Waals surface area contributed by atoms with E-state index < -0.39 is 16.7 Å². The second-order valence-corrected chi connectivity index (χ2v) is 7.12. The van der Waals surface area contributed by atoms with Crippen molar-refractivity contribution in [3.63, 3.8) is 0 Å².